The van der Waals surface area contributed by atoms with E-state index in [4.69, 9.17) is 15.9 Å². The predicted molar refractivity (Wildman–Crippen MR) is 45.9 cm³/mol. The molecule has 0 aliphatic heterocycles. The molecule has 0 spiro atoms. The quantitative estimate of drug-likeness (QED) is 0.434. The van der Waals surface area contributed by atoms with Crippen molar-refractivity contribution in [1.82, 2.24) is 4.90 Å². The van der Waals surface area contributed by atoms with E-state index in [1.165, 1.54) is 0 Å². The second-order valence-electron chi connectivity index (χ2n) is 2.74. The van der Waals surface area contributed by atoms with E-state index in [-0.39, 0.29) is 5.84 Å². The van der Waals surface area contributed by atoms with E-state index in [2.05, 4.69) is 0 Å². The molecule has 66 valence electrons. The molecule has 0 aromatic rings. The van der Waals surface area contributed by atoms with E-state index in [1.807, 2.05) is 18.9 Å². The van der Waals surface area contributed by atoms with E-state index in [0.29, 0.717) is 19.2 Å². The van der Waals surface area contributed by atoms with Crippen molar-refractivity contribution in [1.29, 1.82) is 5.41 Å². The molecule has 1 atom stereocenters. The first kappa shape index (κ1) is 10.4. The Morgan fingerprint density at radius 1 is 1.73 bits per heavy atom. The van der Waals surface area contributed by atoms with Gasteiger partial charge in [0.25, 0.3) is 0 Å². The van der Waals surface area contributed by atoms with E-state index < -0.39 is 0 Å². The lowest BCUT2D eigenvalue weighted by atomic mass is 10.3. The van der Waals surface area contributed by atoms with Crippen molar-refractivity contribution in [3.05, 3.63) is 0 Å². The van der Waals surface area contributed by atoms with Crippen LogP contribution in [0.25, 0.3) is 0 Å². The predicted octanol–water partition coefficient (Wildman–Crippen LogP) is -0.111. The zero-order chi connectivity index (χ0) is 8.85. The summed E-state index contributed by atoms with van der Waals surface area (Å²) in [7, 11) is 3.59. The van der Waals surface area contributed by atoms with Crippen molar-refractivity contribution >= 4 is 5.84 Å². The standard InChI is InChI=1S/C7H17N3O/c1-6(5-11-3)10(2)4-7(8)9/h6H,4-5H2,1-3H3,(H3,8,9). The van der Waals surface area contributed by atoms with Gasteiger partial charge in [-0.1, -0.05) is 0 Å². The number of rotatable bonds is 5. The van der Waals surface area contributed by atoms with Crippen molar-refractivity contribution in [2.24, 2.45) is 5.73 Å². The topological polar surface area (TPSA) is 62.3 Å². The number of nitrogens with zero attached hydrogens (tertiary/aromatic N) is 1. The van der Waals surface area contributed by atoms with Crippen LogP contribution in [0.2, 0.25) is 0 Å². The highest BCUT2D eigenvalue weighted by Crippen LogP contribution is 1.93. The van der Waals surface area contributed by atoms with Crippen LogP contribution in [0, 0.1) is 5.41 Å². The molecule has 4 nitrogen and oxygen atoms in total. The Balaban J connectivity index is 3.63. The lowest BCUT2D eigenvalue weighted by Gasteiger charge is -2.22. The third-order valence-corrected chi connectivity index (χ3v) is 1.58. The third-order valence-electron chi connectivity index (χ3n) is 1.58. The molecule has 0 radical (unpaired) electrons. The molecule has 0 saturated carbocycles. The Kier molecular flexibility index (Phi) is 4.81. The minimum absolute atomic E-state index is 0.190. The van der Waals surface area contributed by atoms with Crippen molar-refractivity contribution in [2.45, 2.75) is 13.0 Å². The molecule has 11 heavy (non-hydrogen) atoms. The second-order valence-corrected chi connectivity index (χ2v) is 2.74. The summed E-state index contributed by atoms with van der Waals surface area (Å²) < 4.78 is 4.95. The van der Waals surface area contributed by atoms with Crippen LogP contribution in [0.15, 0.2) is 0 Å². The van der Waals surface area contributed by atoms with E-state index >= 15 is 0 Å². The maximum Gasteiger partial charge on any atom is 0.105 e. The van der Waals surface area contributed by atoms with Gasteiger partial charge in [0.1, 0.15) is 5.84 Å². The molecule has 0 bridgehead atoms. The molecular weight excluding hydrogens is 142 g/mol. The Morgan fingerprint density at radius 2 is 2.27 bits per heavy atom. The van der Waals surface area contributed by atoms with Crippen molar-refractivity contribution in [3.8, 4) is 0 Å². The highest BCUT2D eigenvalue weighted by molar-refractivity contribution is 5.78. The van der Waals surface area contributed by atoms with Crippen LogP contribution in [0.3, 0.4) is 0 Å². The van der Waals surface area contributed by atoms with Crippen LogP contribution in [-0.4, -0.2) is 44.1 Å². The summed E-state index contributed by atoms with van der Waals surface area (Å²) in [6, 6.07) is 0.309. The average Bonchev–Trinajstić information content (AvgIpc) is 1.86. The molecule has 0 fully saturated rings. The summed E-state index contributed by atoms with van der Waals surface area (Å²) in [5, 5.41) is 7.05. The van der Waals surface area contributed by atoms with Crippen molar-refractivity contribution in [2.75, 3.05) is 27.3 Å². The van der Waals surface area contributed by atoms with Crippen LogP contribution >= 0.6 is 0 Å². The number of methoxy groups -OCH3 is 1. The Morgan fingerprint density at radius 3 is 2.64 bits per heavy atom. The maximum absolute atomic E-state index is 7.05. The number of likely N-dealkylation sites (N-methyl/N-ethyl adjacent to an activating group) is 1. The Labute approximate surface area is 67.8 Å². The van der Waals surface area contributed by atoms with Crippen LogP contribution in [0.1, 0.15) is 6.92 Å². The lowest BCUT2D eigenvalue weighted by Crippen LogP contribution is -2.38. The summed E-state index contributed by atoms with van der Waals surface area (Å²) in [6.07, 6.45) is 0. The average molecular weight is 159 g/mol. The fourth-order valence-corrected chi connectivity index (χ4v) is 0.793. The number of nitrogens with one attached hydrogen (secondary N) is 1. The van der Waals surface area contributed by atoms with Gasteiger partial charge in [0.2, 0.25) is 0 Å². The van der Waals surface area contributed by atoms with Gasteiger partial charge in [-0.3, -0.25) is 10.3 Å². The highest BCUT2D eigenvalue weighted by Gasteiger charge is 2.08. The second kappa shape index (κ2) is 5.09. The monoisotopic (exact) mass is 159 g/mol. The minimum Gasteiger partial charge on any atom is -0.387 e. The molecule has 0 saturated heterocycles. The summed E-state index contributed by atoms with van der Waals surface area (Å²) in [5.74, 6) is 0.190. The largest absolute Gasteiger partial charge is 0.387 e. The van der Waals surface area contributed by atoms with Crippen LogP contribution in [-0.2, 0) is 4.74 Å². The minimum atomic E-state index is 0.190. The first-order valence-electron chi connectivity index (χ1n) is 3.60. The Hall–Kier alpha value is -0.610. The first-order valence-corrected chi connectivity index (χ1v) is 3.60. The molecule has 0 rings (SSSR count). The van der Waals surface area contributed by atoms with Gasteiger partial charge in [0.05, 0.1) is 13.2 Å². The zero-order valence-corrected chi connectivity index (χ0v) is 7.42. The number of ether oxygens (including phenoxy) is 1. The molecule has 3 N–H and O–H groups in total. The van der Waals surface area contributed by atoms with Gasteiger partial charge in [-0.05, 0) is 14.0 Å². The molecule has 0 aromatic heterocycles. The summed E-state index contributed by atoms with van der Waals surface area (Å²) >= 11 is 0. The van der Waals surface area contributed by atoms with Gasteiger partial charge >= 0.3 is 0 Å². The Bertz CT molecular complexity index is 127. The summed E-state index contributed by atoms with van der Waals surface area (Å²) in [4.78, 5) is 1.98. The molecule has 0 aliphatic carbocycles. The fraction of sp³-hybridized carbons (Fsp3) is 0.857. The van der Waals surface area contributed by atoms with Gasteiger partial charge in [0, 0.05) is 13.2 Å². The van der Waals surface area contributed by atoms with E-state index in [9.17, 15) is 0 Å². The molecule has 4 heteroatoms. The zero-order valence-electron chi connectivity index (χ0n) is 7.42. The number of amidine groups is 1. The van der Waals surface area contributed by atoms with E-state index in [1.54, 1.807) is 7.11 Å². The van der Waals surface area contributed by atoms with E-state index in [0.717, 1.165) is 0 Å². The first-order chi connectivity index (χ1) is 5.07. The summed E-state index contributed by atoms with van der Waals surface area (Å²) in [5.41, 5.74) is 5.23. The molecule has 1 unspecified atom stereocenters. The lowest BCUT2D eigenvalue weighted by molar-refractivity contribution is 0.124. The van der Waals surface area contributed by atoms with Crippen LogP contribution in [0.4, 0.5) is 0 Å². The number of hydrogen-bond donors (Lipinski definition) is 2. The molecule has 0 aromatic carbocycles. The number of nitrogens with two attached hydrogens (primary N) is 1. The SMILES string of the molecule is COCC(C)N(C)CC(=N)N. The third kappa shape index (κ3) is 4.75. The van der Waals surface area contributed by atoms with Crippen LogP contribution in [0.5, 0.6) is 0 Å². The maximum atomic E-state index is 7.05. The highest BCUT2D eigenvalue weighted by atomic mass is 16.5. The van der Waals surface area contributed by atoms with Gasteiger partial charge < -0.3 is 10.5 Å². The van der Waals surface area contributed by atoms with Gasteiger partial charge in [-0.2, -0.15) is 0 Å². The van der Waals surface area contributed by atoms with Gasteiger partial charge in [0.15, 0.2) is 0 Å². The molecule has 0 heterocycles. The molecular formula is C7H17N3O. The molecule has 0 aliphatic rings. The van der Waals surface area contributed by atoms with Gasteiger partial charge in [-0.15, -0.1) is 0 Å². The van der Waals surface area contributed by atoms with Crippen molar-refractivity contribution in [3.63, 3.8) is 0 Å². The fourth-order valence-electron chi connectivity index (χ4n) is 0.793. The normalized spacial score (nSPS) is 13.5. The number of hydrogen-bond acceptors (Lipinski definition) is 3. The van der Waals surface area contributed by atoms with Gasteiger partial charge in [-0.25, -0.2) is 0 Å². The van der Waals surface area contributed by atoms with Crippen molar-refractivity contribution < 1.29 is 4.74 Å². The summed E-state index contributed by atoms with van der Waals surface area (Å²) in [6.45, 7) is 3.21. The smallest absolute Gasteiger partial charge is 0.105 e. The van der Waals surface area contributed by atoms with Crippen LogP contribution < -0.4 is 5.73 Å². The molecule has 0 amide bonds.